The van der Waals surface area contributed by atoms with Crippen LogP contribution in [0.25, 0.3) is 0 Å². The first-order valence-corrected chi connectivity index (χ1v) is 10.0. The van der Waals surface area contributed by atoms with E-state index >= 15 is 0 Å². The van der Waals surface area contributed by atoms with Crippen molar-refractivity contribution in [1.82, 2.24) is 14.9 Å². The molecular formula is C18H31N5O2S. The van der Waals surface area contributed by atoms with Gasteiger partial charge in [-0.1, -0.05) is 33.1 Å². The van der Waals surface area contributed by atoms with Gasteiger partial charge in [0.15, 0.2) is 10.8 Å². The first kappa shape index (κ1) is 20.5. The van der Waals surface area contributed by atoms with Crippen molar-refractivity contribution in [2.75, 3.05) is 17.2 Å². The van der Waals surface area contributed by atoms with Crippen LogP contribution in [0.15, 0.2) is 9.59 Å². The Hall–Kier alpha value is -1.83. The highest BCUT2D eigenvalue weighted by Crippen LogP contribution is 2.24. The van der Waals surface area contributed by atoms with E-state index in [-0.39, 0.29) is 11.5 Å². The smallest absolute Gasteiger partial charge is 0.330 e. The van der Waals surface area contributed by atoms with Gasteiger partial charge in [0.05, 0.1) is 0 Å². The van der Waals surface area contributed by atoms with Gasteiger partial charge in [0.25, 0.3) is 5.56 Å². The van der Waals surface area contributed by atoms with Gasteiger partial charge in [-0.25, -0.2) is 4.79 Å². The van der Waals surface area contributed by atoms with Crippen LogP contribution in [0.3, 0.4) is 0 Å². The quantitative estimate of drug-likeness (QED) is 0.654. The van der Waals surface area contributed by atoms with E-state index in [9.17, 15) is 9.59 Å². The molecule has 8 heteroatoms. The fourth-order valence-corrected chi connectivity index (χ4v) is 3.92. The molecule has 0 aromatic carbocycles. The van der Waals surface area contributed by atoms with Crippen LogP contribution in [-0.4, -0.2) is 27.3 Å². The molecule has 1 heterocycles. The van der Waals surface area contributed by atoms with Crippen molar-refractivity contribution in [3.05, 3.63) is 20.8 Å². The number of aromatic amines is 1. The summed E-state index contributed by atoms with van der Waals surface area (Å²) in [5.74, 6) is 0.712. The molecule has 1 aliphatic rings. The first-order chi connectivity index (χ1) is 12.4. The molecule has 1 aromatic heterocycles. The average Bonchev–Trinajstić information content (AvgIpc) is 2.60. The Morgan fingerprint density at radius 2 is 2.04 bits per heavy atom. The molecule has 2 atom stereocenters. The standard InChI is InChI=1S/C18H31N5O2S/c1-4-6-11-23-15(19)14(16(24)21-17(23)25)22(5-2)18(26)20-13-10-8-7-9-12(13)3/h12-13H,4-11,19H2,1-3H3,(H,20,26)(H,21,24,25)/t12-,13+/m1/s1. The van der Waals surface area contributed by atoms with E-state index in [1.165, 1.54) is 23.8 Å². The minimum Gasteiger partial charge on any atom is -0.383 e. The van der Waals surface area contributed by atoms with Gasteiger partial charge in [0.2, 0.25) is 0 Å². The molecule has 7 nitrogen and oxygen atoms in total. The summed E-state index contributed by atoms with van der Waals surface area (Å²) in [5.41, 5.74) is 5.50. The maximum Gasteiger partial charge on any atom is 0.330 e. The second kappa shape index (κ2) is 9.21. The Balaban J connectivity index is 2.32. The molecule has 1 fully saturated rings. The molecule has 0 radical (unpaired) electrons. The Bertz CT molecular complexity index is 742. The summed E-state index contributed by atoms with van der Waals surface area (Å²) < 4.78 is 1.43. The van der Waals surface area contributed by atoms with Crippen LogP contribution in [0.2, 0.25) is 0 Å². The Morgan fingerprint density at radius 3 is 2.65 bits per heavy atom. The van der Waals surface area contributed by atoms with Gasteiger partial charge in [-0.3, -0.25) is 14.3 Å². The number of unbranched alkanes of at least 4 members (excludes halogenated alkanes) is 1. The van der Waals surface area contributed by atoms with Gasteiger partial charge in [-0.05, 0) is 44.3 Å². The third-order valence-corrected chi connectivity index (χ3v) is 5.54. The highest BCUT2D eigenvalue weighted by atomic mass is 32.1. The number of rotatable bonds is 6. The summed E-state index contributed by atoms with van der Waals surface area (Å²) in [6.07, 6.45) is 6.42. The van der Waals surface area contributed by atoms with E-state index in [1.54, 1.807) is 4.90 Å². The lowest BCUT2D eigenvalue weighted by Crippen LogP contribution is -2.50. The normalized spacial score (nSPS) is 20.0. The first-order valence-electron chi connectivity index (χ1n) is 9.61. The minimum atomic E-state index is -0.497. The van der Waals surface area contributed by atoms with E-state index in [0.717, 1.165) is 19.3 Å². The lowest BCUT2D eigenvalue weighted by Gasteiger charge is -2.34. The topological polar surface area (TPSA) is 96.2 Å². The van der Waals surface area contributed by atoms with Crippen LogP contribution in [0, 0.1) is 5.92 Å². The van der Waals surface area contributed by atoms with Crippen molar-refractivity contribution < 1.29 is 0 Å². The van der Waals surface area contributed by atoms with Gasteiger partial charge in [-0.2, -0.15) is 0 Å². The van der Waals surface area contributed by atoms with Crippen LogP contribution in [0.1, 0.15) is 59.3 Å². The molecule has 0 saturated heterocycles. The second-order valence-corrected chi connectivity index (χ2v) is 7.45. The third-order valence-electron chi connectivity index (χ3n) is 5.20. The highest BCUT2D eigenvalue weighted by Gasteiger charge is 2.26. The number of nitrogens with zero attached hydrogens (tertiary/aromatic N) is 2. The number of nitrogen functional groups attached to an aromatic ring is 1. The molecule has 0 aliphatic heterocycles. The summed E-state index contributed by atoms with van der Waals surface area (Å²) in [7, 11) is 0. The van der Waals surface area contributed by atoms with Crippen molar-refractivity contribution >= 4 is 28.8 Å². The van der Waals surface area contributed by atoms with E-state index in [0.29, 0.717) is 30.2 Å². The molecule has 0 bridgehead atoms. The van der Waals surface area contributed by atoms with E-state index in [4.69, 9.17) is 18.0 Å². The number of hydrogen-bond acceptors (Lipinski definition) is 4. The summed E-state index contributed by atoms with van der Waals surface area (Å²) in [5, 5.41) is 3.90. The van der Waals surface area contributed by atoms with E-state index in [1.807, 2.05) is 13.8 Å². The Kier molecular flexibility index (Phi) is 7.25. The molecule has 2 rings (SSSR count). The zero-order chi connectivity index (χ0) is 19.3. The summed E-state index contributed by atoms with van der Waals surface area (Å²) >= 11 is 5.59. The maximum atomic E-state index is 12.5. The minimum absolute atomic E-state index is 0.176. The van der Waals surface area contributed by atoms with Crippen LogP contribution < -0.4 is 27.2 Å². The Morgan fingerprint density at radius 1 is 1.35 bits per heavy atom. The number of nitrogens with one attached hydrogen (secondary N) is 2. The summed E-state index contributed by atoms with van der Waals surface area (Å²) in [6, 6.07) is 0.302. The summed E-state index contributed by atoms with van der Waals surface area (Å²) in [4.78, 5) is 28.7. The lowest BCUT2D eigenvalue weighted by molar-refractivity contribution is 0.309. The molecule has 1 saturated carbocycles. The zero-order valence-electron chi connectivity index (χ0n) is 16.0. The monoisotopic (exact) mass is 381 g/mol. The molecule has 0 amide bonds. The van der Waals surface area contributed by atoms with Crippen molar-refractivity contribution in [1.29, 1.82) is 0 Å². The fraction of sp³-hybridized carbons (Fsp3) is 0.722. The zero-order valence-corrected chi connectivity index (χ0v) is 16.8. The Labute approximate surface area is 160 Å². The molecule has 146 valence electrons. The number of aromatic nitrogens is 2. The second-order valence-electron chi connectivity index (χ2n) is 7.06. The fourth-order valence-electron chi connectivity index (χ4n) is 3.55. The molecule has 0 unspecified atom stereocenters. The SMILES string of the molecule is CCCCn1c(N)c(N(CC)C(=S)N[C@H]2CCCC[C@H]2C)c(=O)[nH]c1=O. The van der Waals surface area contributed by atoms with Gasteiger partial charge >= 0.3 is 5.69 Å². The van der Waals surface area contributed by atoms with E-state index < -0.39 is 11.2 Å². The third kappa shape index (κ3) is 4.47. The lowest BCUT2D eigenvalue weighted by atomic mass is 9.86. The largest absolute Gasteiger partial charge is 0.383 e. The van der Waals surface area contributed by atoms with Crippen molar-refractivity contribution in [2.45, 2.75) is 71.9 Å². The van der Waals surface area contributed by atoms with Crippen LogP contribution >= 0.6 is 12.2 Å². The van der Waals surface area contributed by atoms with Crippen LogP contribution in [0.4, 0.5) is 11.5 Å². The maximum absolute atomic E-state index is 12.5. The van der Waals surface area contributed by atoms with Crippen molar-refractivity contribution in [3.8, 4) is 0 Å². The van der Waals surface area contributed by atoms with Crippen LogP contribution in [-0.2, 0) is 6.54 Å². The molecule has 1 aliphatic carbocycles. The molecule has 4 N–H and O–H groups in total. The highest BCUT2D eigenvalue weighted by molar-refractivity contribution is 7.80. The molecule has 0 spiro atoms. The van der Waals surface area contributed by atoms with Gasteiger partial charge in [-0.15, -0.1) is 0 Å². The predicted octanol–water partition coefficient (Wildman–Crippen LogP) is 2.20. The number of nitrogens with two attached hydrogens (primary N) is 1. The molecule has 26 heavy (non-hydrogen) atoms. The molecular weight excluding hydrogens is 350 g/mol. The average molecular weight is 382 g/mol. The van der Waals surface area contributed by atoms with Gasteiger partial charge in [0, 0.05) is 19.1 Å². The van der Waals surface area contributed by atoms with E-state index in [2.05, 4.69) is 17.2 Å². The van der Waals surface area contributed by atoms with Crippen LogP contribution in [0.5, 0.6) is 0 Å². The van der Waals surface area contributed by atoms with Crippen molar-refractivity contribution in [2.24, 2.45) is 5.92 Å². The number of anilines is 2. The molecule has 1 aromatic rings. The predicted molar refractivity (Wildman–Crippen MR) is 111 cm³/mol. The number of thiocarbonyl (C=S) groups is 1. The van der Waals surface area contributed by atoms with Gasteiger partial charge in [0.1, 0.15) is 5.82 Å². The number of hydrogen-bond donors (Lipinski definition) is 3. The van der Waals surface area contributed by atoms with Crippen molar-refractivity contribution in [3.63, 3.8) is 0 Å². The number of H-pyrrole nitrogens is 1. The van der Waals surface area contributed by atoms with Gasteiger partial charge < -0.3 is 16.0 Å². The summed E-state index contributed by atoms with van der Waals surface area (Å²) in [6.45, 7) is 7.14.